The Kier molecular flexibility index (Phi) is 4.61. The molecule has 1 saturated heterocycles. The molecule has 0 aromatic heterocycles. The molecule has 1 aromatic carbocycles. The number of esters is 1. The smallest absolute Gasteiger partial charge is 0.305 e. The second-order valence-corrected chi connectivity index (χ2v) is 4.66. The van der Waals surface area contributed by atoms with Crippen LogP contribution in [0.5, 0.6) is 5.75 Å². The number of hydrogen-bond donors (Lipinski definition) is 0. The summed E-state index contributed by atoms with van der Waals surface area (Å²) in [7, 11) is 1.58. The summed E-state index contributed by atoms with van der Waals surface area (Å²) in [6, 6.07) is 7.43. The normalized spacial score (nSPS) is 17.6. The van der Waals surface area contributed by atoms with Crippen LogP contribution in [0.1, 0.15) is 19.8 Å². The number of para-hydroxylation sites is 2. The summed E-state index contributed by atoms with van der Waals surface area (Å²) in [5.74, 6) is 0.392. The van der Waals surface area contributed by atoms with E-state index in [9.17, 15) is 9.59 Å². The molecule has 20 heavy (non-hydrogen) atoms. The minimum Gasteiger partial charge on any atom is -0.495 e. The zero-order valence-corrected chi connectivity index (χ0v) is 11.8. The summed E-state index contributed by atoms with van der Waals surface area (Å²) < 4.78 is 10.1. The first-order valence-corrected chi connectivity index (χ1v) is 6.77. The highest BCUT2D eigenvalue weighted by molar-refractivity contribution is 6.02. The van der Waals surface area contributed by atoms with Crippen LogP contribution in [0, 0.1) is 5.92 Å². The molecule has 1 fully saturated rings. The van der Waals surface area contributed by atoms with Gasteiger partial charge in [-0.1, -0.05) is 12.1 Å². The van der Waals surface area contributed by atoms with Gasteiger partial charge in [0.05, 0.1) is 25.3 Å². The standard InChI is InChI=1S/C15H19NO4/c1-3-20-14(17)9-8-11-10-16(15(11)18)12-6-4-5-7-13(12)19-2/h4-7,11H,3,8-10H2,1-2H3. The lowest BCUT2D eigenvalue weighted by molar-refractivity contribution is -0.143. The molecule has 1 atom stereocenters. The van der Waals surface area contributed by atoms with Crippen LogP contribution < -0.4 is 9.64 Å². The molecule has 1 aliphatic heterocycles. The van der Waals surface area contributed by atoms with Crippen LogP contribution in [0.3, 0.4) is 0 Å². The number of β-lactam (4-membered cyclic amide) rings is 1. The first kappa shape index (κ1) is 14.4. The molecule has 2 rings (SSSR count). The number of ether oxygens (including phenoxy) is 2. The molecule has 5 nitrogen and oxygen atoms in total. The number of carbonyl (C=O) groups excluding carboxylic acids is 2. The molecule has 5 heteroatoms. The second-order valence-electron chi connectivity index (χ2n) is 4.66. The van der Waals surface area contributed by atoms with Crippen molar-refractivity contribution in [1.82, 2.24) is 0 Å². The van der Waals surface area contributed by atoms with Crippen molar-refractivity contribution in [3.05, 3.63) is 24.3 Å². The first-order valence-electron chi connectivity index (χ1n) is 6.77. The molecule has 1 unspecified atom stereocenters. The molecule has 0 spiro atoms. The molecule has 0 saturated carbocycles. The fraction of sp³-hybridized carbons (Fsp3) is 0.467. The predicted octanol–water partition coefficient (Wildman–Crippen LogP) is 2.00. The third-order valence-electron chi connectivity index (χ3n) is 3.40. The highest BCUT2D eigenvalue weighted by atomic mass is 16.5. The molecule has 1 heterocycles. The zero-order chi connectivity index (χ0) is 14.5. The van der Waals surface area contributed by atoms with Crippen molar-refractivity contribution >= 4 is 17.6 Å². The van der Waals surface area contributed by atoms with Gasteiger partial charge < -0.3 is 14.4 Å². The van der Waals surface area contributed by atoms with Crippen LogP contribution in [0.25, 0.3) is 0 Å². The summed E-state index contributed by atoms with van der Waals surface area (Å²) in [5, 5.41) is 0. The predicted molar refractivity (Wildman–Crippen MR) is 74.7 cm³/mol. The van der Waals surface area contributed by atoms with Crippen molar-refractivity contribution in [3.8, 4) is 5.75 Å². The maximum absolute atomic E-state index is 12.1. The van der Waals surface area contributed by atoms with Crippen LogP contribution in [0.2, 0.25) is 0 Å². The summed E-state index contributed by atoms with van der Waals surface area (Å²) in [6.45, 7) is 2.78. The highest BCUT2D eigenvalue weighted by Gasteiger charge is 2.38. The van der Waals surface area contributed by atoms with E-state index in [-0.39, 0.29) is 17.8 Å². The number of hydrogen-bond acceptors (Lipinski definition) is 4. The monoisotopic (exact) mass is 277 g/mol. The minimum atomic E-state index is -0.240. The minimum absolute atomic E-state index is 0.0406. The van der Waals surface area contributed by atoms with Gasteiger partial charge in [0.25, 0.3) is 0 Å². The van der Waals surface area contributed by atoms with Gasteiger partial charge in [-0.25, -0.2) is 0 Å². The third-order valence-corrected chi connectivity index (χ3v) is 3.40. The van der Waals surface area contributed by atoms with E-state index in [0.717, 1.165) is 5.69 Å². The maximum atomic E-state index is 12.1. The molecule has 0 N–H and O–H groups in total. The van der Waals surface area contributed by atoms with Crippen LogP contribution >= 0.6 is 0 Å². The number of rotatable bonds is 6. The van der Waals surface area contributed by atoms with Gasteiger partial charge in [0.2, 0.25) is 5.91 Å². The SMILES string of the molecule is CCOC(=O)CCC1CN(c2ccccc2OC)C1=O. The second kappa shape index (κ2) is 6.41. The molecule has 1 amide bonds. The molecule has 1 aliphatic rings. The summed E-state index contributed by atoms with van der Waals surface area (Å²) in [6.07, 6.45) is 0.841. The van der Waals surface area contributed by atoms with Crippen molar-refractivity contribution in [1.29, 1.82) is 0 Å². The van der Waals surface area contributed by atoms with Gasteiger partial charge in [0.15, 0.2) is 0 Å². The third kappa shape index (κ3) is 2.92. The number of nitrogens with zero attached hydrogens (tertiary/aromatic N) is 1. The number of amides is 1. The Balaban J connectivity index is 1.90. The van der Waals surface area contributed by atoms with E-state index in [1.165, 1.54) is 0 Å². The van der Waals surface area contributed by atoms with E-state index in [4.69, 9.17) is 9.47 Å². The fourth-order valence-electron chi connectivity index (χ4n) is 2.31. The van der Waals surface area contributed by atoms with Crippen molar-refractivity contribution in [2.45, 2.75) is 19.8 Å². The van der Waals surface area contributed by atoms with Crippen molar-refractivity contribution < 1.29 is 19.1 Å². The summed E-state index contributed by atoms with van der Waals surface area (Å²) in [5.41, 5.74) is 0.785. The number of anilines is 1. The zero-order valence-electron chi connectivity index (χ0n) is 11.8. The van der Waals surface area contributed by atoms with Crippen LogP contribution in [0.15, 0.2) is 24.3 Å². The van der Waals surface area contributed by atoms with E-state index in [1.54, 1.807) is 18.9 Å². The Morgan fingerprint density at radius 3 is 2.80 bits per heavy atom. The fourth-order valence-corrected chi connectivity index (χ4v) is 2.31. The number of carbonyl (C=O) groups is 2. The molecule has 0 bridgehead atoms. The molecular weight excluding hydrogens is 258 g/mol. The van der Waals surface area contributed by atoms with E-state index in [0.29, 0.717) is 31.7 Å². The largest absolute Gasteiger partial charge is 0.495 e. The van der Waals surface area contributed by atoms with Crippen molar-refractivity contribution in [2.24, 2.45) is 5.92 Å². The number of benzene rings is 1. The Morgan fingerprint density at radius 1 is 1.40 bits per heavy atom. The lowest BCUT2D eigenvalue weighted by Gasteiger charge is -2.38. The van der Waals surface area contributed by atoms with Crippen molar-refractivity contribution in [3.63, 3.8) is 0 Å². The maximum Gasteiger partial charge on any atom is 0.305 e. The highest BCUT2D eigenvalue weighted by Crippen LogP contribution is 2.35. The number of methoxy groups -OCH3 is 1. The average Bonchev–Trinajstić information content (AvgIpc) is 2.46. The van der Waals surface area contributed by atoms with Gasteiger partial charge >= 0.3 is 5.97 Å². The van der Waals surface area contributed by atoms with Crippen LogP contribution in [0.4, 0.5) is 5.69 Å². The van der Waals surface area contributed by atoms with Gasteiger partial charge in [-0.2, -0.15) is 0 Å². The first-order chi connectivity index (χ1) is 9.67. The Hall–Kier alpha value is -2.04. The van der Waals surface area contributed by atoms with E-state index in [2.05, 4.69) is 0 Å². The van der Waals surface area contributed by atoms with E-state index < -0.39 is 0 Å². The van der Waals surface area contributed by atoms with Gasteiger partial charge in [0.1, 0.15) is 5.75 Å². The van der Waals surface area contributed by atoms with Crippen molar-refractivity contribution in [2.75, 3.05) is 25.2 Å². The molecule has 1 aromatic rings. The van der Waals surface area contributed by atoms with E-state index >= 15 is 0 Å². The quantitative estimate of drug-likeness (QED) is 0.589. The molecule has 0 aliphatic carbocycles. The Morgan fingerprint density at radius 2 is 2.15 bits per heavy atom. The lowest BCUT2D eigenvalue weighted by atomic mass is 9.92. The Bertz CT molecular complexity index is 500. The van der Waals surface area contributed by atoms with Crippen LogP contribution in [-0.4, -0.2) is 32.1 Å². The van der Waals surface area contributed by atoms with Gasteiger partial charge in [-0.3, -0.25) is 9.59 Å². The molecule has 0 radical (unpaired) electrons. The van der Waals surface area contributed by atoms with E-state index in [1.807, 2.05) is 24.3 Å². The van der Waals surface area contributed by atoms with Crippen LogP contribution in [-0.2, 0) is 14.3 Å². The molecular formula is C15H19NO4. The summed E-state index contributed by atoms with van der Waals surface area (Å²) in [4.78, 5) is 25.1. The van der Waals surface area contributed by atoms with Gasteiger partial charge in [-0.05, 0) is 25.5 Å². The lowest BCUT2D eigenvalue weighted by Crippen LogP contribution is -2.52. The van der Waals surface area contributed by atoms with Gasteiger partial charge in [-0.15, -0.1) is 0 Å². The Labute approximate surface area is 118 Å². The topological polar surface area (TPSA) is 55.8 Å². The molecule has 108 valence electrons. The summed E-state index contributed by atoms with van der Waals surface area (Å²) >= 11 is 0. The van der Waals surface area contributed by atoms with Gasteiger partial charge in [0, 0.05) is 13.0 Å². The average molecular weight is 277 g/mol.